The highest BCUT2D eigenvalue weighted by Crippen LogP contribution is 2.40. The van der Waals surface area contributed by atoms with Crippen LogP contribution in [0.25, 0.3) is 0 Å². The average molecular weight is 384 g/mol. The first kappa shape index (κ1) is 18.9. The van der Waals surface area contributed by atoms with E-state index in [9.17, 15) is 14.4 Å². The van der Waals surface area contributed by atoms with Crippen molar-refractivity contribution in [3.05, 3.63) is 35.9 Å². The summed E-state index contributed by atoms with van der Waals surface area (Å²) < 4.78 is 0. The number of rotatable bonds is 5. The fourth-order valence-electron chi connectivity index (χ4n) is 5.00. The van der Waals surface area contributed by atoms with Crippen LogP contribution in [-0.2, 0) is 9.59 Å². The van der Waals surface area contributed by atoms with Crippen LogP contribution in [0.15, 0.2) is 30.3 Å². The first-order valence-corrected chi connectivity index (χ1v) is 10.2. The third kappa shape index (κ3) is 3.63. The Bertz CT molecular complexity index is 737. The molecule has 4 amide bonds. The molecule has 4 rings (SSSR count). The van der Waals surface area contributed by atoms with Gasteiger partial charge in [0.2, 0.25) is 11.8 Å². The molecule has 0 radical (unpaired) electrons. The van der Waals surface area contributed by atoms with Gasteiger partial charge in [-0.05, 0) is 25.5 Å². The van der Waals surface area contributed by atoms with Crippen LogP contribution in [0.3, 0.4) is 0 Å². The Balaban J connectivity index is 1.34. The van der Waals surface area contributed by atoms with Gasteiger partial charge in [-0.1, -0.05) is 30.3 Å². The number of piperidine rings is 1. The van der Waals surface area contributed by atoms with Gasteiger partial charge in [-0.25, -0.2) is 4.79 Å². The largest absolute Gasteiger partial charge is 0.342 e. The first-order valence-electron chi connectivity index (χ1n) is 10.2. The van der Waals surface area contributed by atoms with E-state index in [2.05, 4.69) is 41.5 Å². The summed E-state index contributed by atoms with van der Waals surface area (Å²) in [5.41, 5.74) is 1.36. The van der Waals surface area contributed by atoms with Crippen LogP contribution >= 0.6 is 0 Å². The topological polar surface area (TPSA) is 73.0 Å². The quantitative estimate of drug-likeness (QED) is 0.776. The number of urea groups is 1. The fraction of sp³-hybridized carbons (Fsp3) is 0.571. The van der Waals surface area contributed by atoms with E-state index >= 15 is 0 Å². The molecule has 3 aliphatic rings. The van der Waals surface area contributed by atoms with E-state index in [-0.39, 0.29) is 24.4 Å². The van der Waals surface area contributed by atoms with E-state index in [4.69, 9.17) is 0 Å². The van der Waals surface area contributed by atoms with Crippen molar-refractivity contribution in [2.75, 3.05) is 39.8 Å². The fourth-order valence-corrected chi connectivity index (χ4v) is 5.00. The SMILES string of the molecule is CN1C[C@H](c2ccccc2)[C@H]2CN(C(=O)CCCN3C(=O)CNC3=O)CC[C@H]21. The number of hydrogen-bond donors (Lipinski definition) is 1. The molecule has 0 bridgehead atoms. The number of fused-ring (bicyclic) bond motifs is 1. The molecule has 3 heterocycles. The summed E-state index contributed by atoms with van der Waals surface area (Å²) in [5, 5.41) is 2.51. The number of amides is 4. The highest BCUT2D eigenvalue weighted by molar-refractivity contribution is 6.01. The number of nitrogens with one attached hydrogen (secondary N) is 1. The Hall–Kier alpha value is -2.41. The second-order valence-electron chi connectivity index (χ2n) is 8.12. The normalized spacial score (nSPS) is 27.8. The number of carbonyl (C=O) groups excluding carboxylic acids is 3. The van der Waals surface area contributed by atoms with Crippen LogP contribution in [0, 0.1) is 5.92 Å². The molecule has 0 unspecified atom stereocenters. The molecule has 28 heavy (non-hydrogen) atoms. The van der Waals surface area contributed by atoms with Gasteiger partial charge >= 0.3 is 6.03 Å². The lowest BCUT2D eigenvalue weighted by molar-refractivity contribution is -0.134. The van der Waals surface area contributed by atoms with E-state index in [1.165, 1.54) is 10.5 Å². The monoisotopic (exact) mass is 384 g/mol. The second-order valence-corrected chi connectivity index (χ2v) is 8.12. The summed E-state index contributed by atoms with van der Waals surface area (Å²) in [5.74, 6) is 0.832. The van der Waals surface area contributed by atoms with Gasteiger partial charge < -0.3 is 15.1 Å². The van der Waals surface area contributed by atoms with E-state index in [0.29, 0.717) is 37.3 Å². The summed E-state index contributed by atoms with van der Waals surface area (Å²) in [7, 11) is 2.19. The Morgan fingerprint density at radius 2 is 1.96 bits per heavy atom. The first-order chi connectivity index (χ1) is 13.5. The average Bonchev–Trinajstić information content (AvgIpc) is 3.22. The standard InChI is InChI=1S/C21H28N4O3/c1-23-13-16(15-6-3-2-4-7-15)17-14-24(11-9-18(17)23)19(26)8-5-10-25-20(27)12-22-21(25)28/h2-4,6-7,16-18H,5,8-14H2,1H3,(H,22,28)/t16-,17-,18-/m1/s1. The van der Waals surface area contributed by atoms with Crippen LogP contribution in [0.1, 0.15) is 30.7 Å². The zero-order valence-corrected chi connectivity index (χ0v) is 16.3. The summed E-state index contributed by atoms with van der Waals surface area (Å²) in [6.45, 7) is 2.99. The maximum absolute atomic E-state index is 12.8. The van der Waals surface area contributed by atoms with Gasteiger partial charge in [0.15, 0.2) is 0 Å². The summed E-state index contributed by atoms with van der Waals surface area (Å²) >= 11 is 0. The molecular weight excluding hydrogens is 356 g/mol. The van der Waals surface area contributed by atoms with Gasteiger partial charge in [0.25, 0.3) is 0 Å². The smallest absolute Gasteiger partial charge is 0.324 e. The lowest BCUT2D eigenvalue weighted by atomic mass is 9.81. The zero-order chi connectivity index (χ0) is 19.7. The summed E-state index contributed by atoms with van der Waals surface area (Å²) in [6.07, 6.45) is 1.90. The Kier molecular flexibility index (Phi) is 5.35. The van der Waals surface area contributed by atoms with Gasteiger partial charge in [-0.2, -0.15) is 0 Å². The minimum Gasteiger partial charge on any atom is -0.342 e. The molecule has 0 aliphatic carbocycles. The minimum absolute atomic E-state index is 0.0658. The van der Waals surface area contributed by atoms with Crippen molar-refractivity contribution in [1.82, 2.24) is 20.0 Å². The van der Waals surface area contributed by atoms with Crippen LogP contribution in [0.2, 0.25) is 0 Å². The zero-order valence-electron chi connectivity index (χ0n) is 16.3. The van der Waals surface area contributed by atoms with Gasteiger partial charge in [-0.3, -0.25) is 14.5 Å². The van der Waals surface area contributed by atoms with Crippen molar-refractivity contribution < 1.29 is 14.4 Å². The molecule has 0 saturated carbocycles. The maximum Gasteiger partial charge on any atom is 0.324 e. The predicted molar refractivity (Wildman–Crippen MR) is 105 cm³/mol. The van der Waals surface area contributed by atoms with Gasteiger partial charge in [-0.15, -0.1) is 0 Å². The predicted octanol–water partition coefficient (Wildman–Crippen LogP) is 1.26. The molecule has 0 spiro atoms. The summed E-state index contributed by atoms with van der Waals surface area (Å²) in [6, 6.07) is 10.8. The van der Waals surface area contributed by atoms with Gasteiger partial charge in [0, 0.05) is 50.5 Å². The third-order valence-electron chi connectivity index (χ3n) is 6.48. The van der Waals surface area contributed by atoms with Crippen molar-refractivity contribution in [1.29, 1.82) is 0 Å². The van der Waals surface area contributed by atoms with E-state index in [0.717, 1.165) is 26.1 Å². The number of benzene rings is 1. The van der Waals surface area contributed by atoms with E-state index in [1.807, 2.05) is 11.0 Å². The molecule has 3 saturated heterocycles. The molecular formula is C21H28N4O3. The van der Waals surface area contributed by atoms with Crippen LogP contribution < -0.4 is 5.32 Å². The second kappa shape index (κ2) is 7.91. The molecule has 3 fully saturated rings. The van der Waals surface area contributed by atoms with Crippen molar-refractivity contribution in [2.45, 2.75) is 31.2 Å². The van der Waals surface area contributed by atoms with Crippen molar-refractivity contribution in [3.8, 4) is 0 Å². The number of nitrogens with zero attached hydrogens (tertiary/aromatic N) is 3. The number of hydrogen-bond acceptors (Lipinski definition) is 4. The minimum atomic E-state index is -0.349. The van der Waals surface area contributed by atoms with Crippen LogP contribution in [0.4, 0.5) is 4.79 Å². The Labute approximate surface area is 165 Å². The van der Waals surface area contributed by atoms with Crippen molar-refractivity contribution in [2.24, 2.45) is 5.92 Å². The van der Waals surface area contributed by atoms with E-state index < -0.39 is 0 Å². The number of likely N-dealkylation sites (N-methyl/N-ethyl adjacent to an activating group) is 1. The van der Waals surface area contributed by atoms with Gasteiger partial charge in [0.1, 0.15) is 0 Å². The van der Waals surface area contributed by atoms with Crippen molar-refractivity contribution in [3.63, 3.8) is 0 Å². The van der Waals surface area contributed by atoms with E-state index in [1.54, 1.807) is 0 Å². The maximum atomic E-state index is 12.8. The molecule has 3 atom stereocenters. The number of carbonyl (C=O) groups is 3. The highest BCUT2D eigenvalue weighted by Gasteiger charge is 2.44. The lowest BCUT2D eigenvalue weighted by Gasteiger charge is -2.38. The van der Waals surface area contributed by atoms with Gasteiger partial charge in [0.05, 0.1) is 6.54 Å². The molecule has 150 valence electrons. The molecule has 0 aromatic heterocycles. The summed E-state index contributed by atoms with van der Waals surface area (Å²) in [4.78, 5) is 41.6. The molecule has 3 aliphatic heterocycles. The molecule has 1 aromatic carbocycles. The number of likely N-dealkylation sites (tertiary alicyclic amines) is 2. The Morgan fingerprint density at radius 3 is 2.68 bits per heavy atom. The highest BCUT2D eigenvalue weighted by atomic mass is 16.2. The molecule has 7 nitrogen and oxygen atoms in total. The molecule has 1 N–H and O–H groups in total. The molecule has 7 heteroatoms. The molecule has 1 aromatic rings. The van der Waals surface area contributed by atoms with Crippen LogP contribution in [0.5, 0.6) is 0 Å². The van der Waals surface area contributed by atoms with Crippen molar-refractivity contribution >= 4 is 17.8 Å². The number of imide groups is 1. The Morgan fingerprint density at radius 1 is 1.18 bits per heavy atom. The van der Waals surface area contributed by atoms with Crippen LogP contribution in [-0.4, -0.2) is 78.4 Å². The lowest BCUT2D eigenvalue weighted by Crippen LogP contribution is -2.48. The third-order valence-corrected chi connectivity index (χ3v) is 6.48.